The third-order valence-electron chi connectivity index (χ3n) is 5.13. The van der Waals surface area contributed by atoms with E-state index >= 15 is 0 Å². The number of ether oxygens (including phenoxy) is 1. The number of carbonyl (C=O) groups is 3. The van der Waals surface area contributed by atoms with Crippen LogP contribution in [0.4, 0.5) is 4.79 Å². The van der Waals surface area contributed by atoms with Gasteiger partial charge in [0.05, 0.1) is 6.61 Å². The van der Waals surface area contributed by atoms with Gasteiger partial charge in [-0.25, -0.2) is 4.79 Å². The van der Waals surface area contributed by atoms with Crippen LogP contribution in [0.3, 0.4) is 0 Å². The third kappa shape index (κ3) is 7.88. The lowest BCUT2D eigenvalue weighted by Gasteiger charge is -2.33. The number of aliphatic hydroxyl groups excluding tert-OH is 1. The van der Waals surface area contributed by atoms with E-state index in [4.69, 9.17) is 4.74 Å². The van der Waals surface area contributed by atoms with Gasteiger partial charge in [-0.2, -0.15) is 0 Å². The minimum absolute atomic E-state index is 0.0774. The molecule has 0 aliphatic carbocycles. The van der Waals surface area contributed by atoms with Crippen molar-refractivity contribution >= 4 is 17.9 Å². The lowest BCUT2D eigenvalue weighted by atomic mass is 9.94. The summed E-state index contributed by atoms with van der Waals surface area (Å²) in [5, 5.41) is 15.1. The van der Waals surface area contributed by atoms with Crippen LogP contribution in [-0.4, -0.2) is 53.2 Å². The number of nitrogens with zero attached hydrogens (tertiary/aromatic N) is 1. The minimum Gasteiger partial charge on any atom is -0.444 e. The van der Waals surface area contributed by atoms with Crippen molar-refractivity contribution < 1.29 is 24.2 Å². The number of rotatable bonds is 9. The van der Waals surface area contributed by atoms with Crippen molar-refractivity contribution in [2.24, 2.45) is 0 Å². The van der Waals surface area contributed by atoms with E-state index in [2.05, 4.69) is 10.6 Å². The Hall–Kier alpha value is -3.39. The van der Waals surface area contributed by atoms with Crippen LogP contribution >= 0.6 is 0 Å². The Bertz CT molecular complexity index is 965. The summed E-state index contributed by atoms with van der Waals surface area (Å²) in [4.78, 5) is 40.0. The number of amides is 3. The van der Waals surface area contributed by atoms with Crippen molar-refractivity contribution in [3.05, 3.63) is 70.8 Å². The molecule has 0 aromatic heterocycles. The van der Waals surface area contributed by atoms with Crippen LogP contribution in [0.5, 0.6) is 0 Å². The van der Waals surface area contributed by atoms with Gasteiger partial charge in [-0.1, -0.05) is 48.5 Å². The number of carbonyl (C=O) groups excluding carboxylic acids is 3. The Morgan fingerprint density at radius 1 is 0.971 bits per heavy atom. The monoisotopic (exact) mass is 469 g/mol. The second-order valence-electron chi connectivity index (χ2n) is 9.08. The van der Waals surface area contributed by atoms with E-state index < -0.39 is 23.6 Å². The number of alkyl carbamates (subject to hydrolysis) is 1. The van der Waals surface area contributed by atoms with Crippen molar-refractivity contribution in [3.63, 3.8) is 0 Å². The van der Waals surface area contributed by atoms with Gasteiger partial charge in [0.25, 0.3) is 0 Å². The predicted octanol–water partition coefficient (Wildman–Crippen LogP) is 3.01. The summed E-state index contributed by atoms with van der Waals surface area (Å²) in [5.41, 5.74) is 2.58. The van der Waals surface area contributed by atoms with E-state index in [-0.39, 0.29) is 25.6 Å². The molecule has 2 aromatic carbocycles. The van der Waals surface area contributed by atoms with Crippen molar-refractivity contribution in [2.45, 2.75) is 52.8 Å². The summed E-state index contributed by atoms with van der Waals surface area (Å²) in [6.45, 7) is 8.42. The van der Waals surface area contributed by atoms with Crippen molar-refractivity contribution in [1.82, 2.24) is 15.5 Å². The molecule has 3 amide bonds. The van der Waals surface area contributed by atoms with Crippen molar-refractivity contribution in [3.8, 4) is 0 Å². The smallest absolute Gasteiger partial charge is 0.408 e. The number of aryl methyl sites for hydroxylation is 2. The molecule has 0 aliphatic rings. The molecule has 2 aromatic rings. The van der Waals surface area contributed by atoms with Gasteiger partial charge < -0.3 is 25.4 Å². The molecule has 0 bridgehead atoms. The molecule has 0 saturated heterocycles. The topological polar surface area (TPSA) is 108 Å². The largest absolute Gasteiger partial charge is 0.444 e. The summed E-state index contributed by atoms with van der Waals surface area (Å²) in [7, 11) is 0. The van der Waals surface area contributed by atoms with Gasteiger partial charge in [0, 0.05) is 13.1 Å². The van der Waals surface area contributed by atoms with Crippen LogP contribution in [0.1, 0.15) is 49.1 Å². The molecule has 1 atom stereocenters. The summed E-state index contributed by atoms with van der Waals surface area (Å²) in [6, 6.07) is 14.1. The quantitative estimate of drug-likeness (QED) is 0.523. The fourth-order valence-electron chi connectivity index (χ4n) is 3.64. The second-order valence-corrected chi connectivity index (χ2v) is 9.08. The van der Waals surface area contributed by atoms with Crippen LogP contribution in [0.25, 0.3) is 0 Å². The Morgan fingerprint density at radius 3 is 2.15 bits per heavy atom. The van der Waals surface area contributed by atoms with E-state index in [1.165, 1.54) is 4.90 Å². The van der Waals surface area contributed by atoms with E-state index in [0.29, 0.717) is 12.1 Å². The molecule has 8 nitrogen and oxygen atoms in total. The van der Waals surface area contributed by atoms with Gasteiger partial charge >= 0.3 is 6.09 Å². The Kier molecular flexibility index (Phi) is 9.62. The zero-order valence-electron chi connectivity index (χ0n) is 20.6. The van der Waals surface area contributed by atoms with E-state index in [0.717, 1.165) is 16.7 Å². The lowest BCUT2D eigenvalue weighted by molar-refractivity contribution is -0.140. The number of benzene rings is 2. The highest BCUT2D eigenvalue weighted by atomic mass is 16.6. The molecule has 0 saturated carbocycles. The van der Waals surface area contributed by atoms with E-state index in [1.807, 2.05) is 62.4 Å². The molecule has 184 valence electrons. The normalized spacial score (nSPS) is 11.9. The summed E-state index contributed by atoms with van der Waals surface area (Å²) in [5.74, 6) is -0.886. The predicted molar refractivity (Wildman–Crippen MR) is 130 cm³/mol. The molecule has 0 heterocycles. The fraction of sp³-hybridized carbons (Fsp3) is 0.423. The number of nitrogens with one attached hydrogen (secondary N) is 2. The maximum atomic E-state index is 13.5. The number of hydrogen-bond donors (Lipinski definition) is 3. The molecule has 34 heavy (non-hydrogen) atoms. The number of hydrogen-bond acceptors (Lipinski definition) is 5. The Morgan fingerprint density at radius 2 is 1.59 bits per heavy atom. The highest BCUT2D eigenvalue weighted by Gasteiger charge is 2.33. The average molecular weight is 470 g/mol. The summed E-state index contributed by atoms with van der Waals surface area (Å²) < 4.78 is 5.20. The lowest BCUT2D eigenvalue weighted by Crippen LogP contribution is -2.49. The Labute approximate surface area is 201 Å². The highest BCUT2D eigenvalue weighted by Crippen LogP contribution is 2.28. The molecule has 3 N–H and O–H groups in total. The van der Waals surface area contributed by atoms with Crippen molar-refractivity contribution in [2.75, 3.05) is 19.7 Å². The first-order chi connectivity index (χ1) is 16.0. The van der Waals surface area contributed by atoms with Gasteiger partial charge in [-0.05, 0) is 56.9 Å². The Balaban J connectivity index is 2.32. The molecule has 2 rings (SSSR count). The van der Waals surface area contributed by atoms with Gasteiger partial charge in [0.15, 0.2) is 0 Å². The fourth-order valence-corrected chi connectivity index (χ4v) is 3.64. The van der Waals surface area contributed by atoms with E-state index in [1.54, 1.807) is 20.8 Å². The molecule has 1 unspecified atom stereocenters. The molecule has 0 spiro atoms. The van der Waals surface area contributed by atoms with Crippen LogP contribution in [0, 0.1) is 13.8 Å². The first kappa shape index (κ1) is 26.9. The zero-order chi connectivity index (χ0) is 25.3. The minimum atomic E-state index is -0.981. The van der Waals surface area contributed by atoms with Gasteiger partial charge in [0.1, 0.15) is 18.2 Å². The van der Waals surface area contributed by atoms with E-state index in [9.17, 15) is 19.5 Å². The van der Waals surface area contributed by atoms with Crippen LogP contribution in [-0.2, 0) is 20.9 Å². The van der Waals surface area contributed by atoms with Crippen LogP contribution < -0.4 is 10.6 Å². The van der Waals surface area contributed by atoms with Gasteiger partial charge in [0.2, 0.25) is 11.8 Å². The average Bonchev–Trinajstić information content (AvgIpc) is 2.77. The molecule has 8 heteroatoms. The molecule has 0 radical (unpaired) electrons. The molecule has 0 fully saturated rings. The summed E-state index contributed by atoms with van der Waals surface area (Å²) >= 11 is 0. The zero-order valence-corrected chi connectivity index (χ0v) is 20.6. The molecule has 0 aliphatic heterocycles. The highest BCUT2D eigenvalue weighted by molar-refractivity contribution is 5.91. The second kappa shape index (κ2) is 12.2. The standard InChI is InChI=1S/C26H35N3O5/c1-18-10-9-11-19(2)22(18)23(24(32)27-16-20-12-7-6-8-13-20)29(14-15-30)21(31)17-28-25(33)34-26(3,4)5/h6-13,23,30H,14-17H2,1-5H3,(H,27,32)(H,28,33). The third-order valence-corrected chi connectivity index (χ3v) is 5.13. The van der Waals surface area contributed by atoms with Crippen molar-refractivity contribution in [1.29, 1.82) is 0 Å². The van der Waals surface area contributed by atoms with Gasteiger partial charge in [-0.15, -0.1) is 0 Å². The summed E-state index contributed by atoms with van der Waals surface area (Å²) in [6.07, 6.45) is -0.734. The van der Waals surface area contributed by atoms with Gasteiger partial charge in [-0.3, -0.25) is 9.59 Å². The first-order valence-electron chi connectivity index (χ1n) is 11.3. The maximum Gasteiger partial charge on any atom is 0.408 e. The SMILES string of the molecule is Cc1cccc(C)c1C(C(=O)NCc1ccccc1)N(CCO)C(=O)CNC(=O)OC(C)(C)C. The number of aliphatic hydroxyl groups is 1. The molecular formula is C26H35N3O5. The van der Waals surface area contributed by atoms with Crippen LogP contribution in [0.15, 0.2) is 48.5 Å². The maximum absolute atomic E-state index is 13.5. The van der Waals surface area contributed by atoms with Crippen LogP contribution in [0.2, 0.25) is 0 Å². The molecular weight excluding hydrogens is 434 g/mol. The first-order valence-corrected chi connectivity index (χ1v) is 11.3.